The predicted molar refractivity (Wildman–Crippen MR) is 38.0 cm³/mol. The van der Waals surface area contributed by atoms with Gasteiger partial charge in [0.15, 0.2) is 18.1 Å². The molecule has 0 aliphatic rings. The minimum Gasteiger partial charge on any atom is -0.445 e. The van der Waals surface area contributed by atoms with E-state index in [1.807, 2.05) is 0 Å². The highest BCUT2D eigenvalue weighted by Gasteiger charge is 2.09. The molecule has 1 aromatic rings. The number of halogens is 1. The first-order valence-corrected chi connectivity index (χ1v) is 3.39. The minimum atomic E-state index is -0.960. The fourth-order valence-electron chi connectivity index (χ4n) is 0.629. The molecule has 0 N–H and O–H groups in total. The van der Waals surface area contributed by atoms with Crippen molar-refractivity contribution in [3.8, 4) is 0 Å². The molecule has 5 nitrogen and oxygen atoms in total. The number of hydrogen-bond donors (Lipinski definition) is 0. The van der Waals surface area contributed by atoms with Gasteiger partial charge in [-0.15, -0.1) is 0 Å². The monoisotopic (exact) mass is 192 g/mol. The van der Waals surface area contributed by atoms with Crippen LogP contribution in [-0.4, -0.2) is 5.43 Å². The van der Waals surface area contributed by atoms with Crippen molar-refractivity contribution in [1.82, 2.24) is 0 Å². The van der Waals surface area contributed by atoms with Crippen molar-refractivity contribution < 1.29 is 18.4 Å². The smallest absolute Gasteiger partial charge is 0.445 e. The molecule has 0 unspecified atom stereocenters. The van der Waals surface area contributed by atoms with E-state index in [2.05, 4.69) is 13.6 Å². The van der Waals surface area contributed by atoms with E-state index in [9.17, 15) is 9.59 Å². The Bertz CT molecular complexity index is 336. The van der Waals surface area contributed by atoms with Gasteiger partial charge < -0.3 is 13.6 Å². The Kier molecular flexibility index (Phi) is 2.54. The first-order chi connectivity index (χ1) is 5.59. The van der Waals surface area contributed by atoms with Gasteiger partial charge >= 0.3 is 11.3 Å². The Morgan fingerprint density at radius 3 is 2.67 bits per heavy atom. The third-order valence-corrected chi connectivity index (χ3v) is 1.26. The van der Waals surface area contributed by atoms with E-state index < -0.39 is 11.3 Å². The third kappa shape index (κ3) is 2.13. The summed E-state index contributed by atoms with van der Waals surface area (Å²) in [6, 6.07) is 0. The molecule has 0 aliphatic heterocycles. The second-order valence-electron chi connectivity index (χ2n) is 1.96. The fourth-order valence-corrected chi connectivity index (χ4v) is 0.683. The van der Waals surface area contributed by atoms with Crippen molar-refractivity contribution >= 4 is 17.0 Å². The van der Waals surface area contributed by atoms with Crippen LogP contribution < -0.4 is 5.82 Å². The topological polar surface area (TPSA) is 69.7 Å². The maximum absolute atomic E-state index is 10.4. The molecule has 0 radical (unpaired) electrons. The predicted octanol–water partition coefficient (Wildman–Crippen LogP) is 1.42. The van der Waals surface area contributed by atoms with Crippen molar-refractivity contribution in [2.45, 2.75) is 13.5 Å². The highest BCUT2D eigenvalue weighted by atomic mass is 35.5. The van der Waals surface area contributed by atoms with Crippen molar-refractivity contribution in [3.63, 3.8) is 0 Å². The van der Waals surface area contributed by atoms with Crippen molar-refractivity contribution in [2.24, 2.45) is 0 Å². The standard InChI is InChI=1S/C6H5ClO5/c1-3-4(2-10-5(7)8)12-6(9)11-3/h2H2,1H3. The maximum Gasteiger partial charge on any atom is 0.519 e. The highest BCUT2D eigenvalue weighted by molar-refractivity contribution is 6.61. The summed E-state index contributed by atoms with van der Waals surface area (Å²) in [5.74, 6) is -0.389. The quantitative estimate of drug-likeness (QED) is 0.663. The molecule has 0 saturated carbocycles. The van der Waals surface area contributed by atoms with Gasteiger partial charge in [0.25, 0.3) is 0 Å². The molecule has 0 amide bonds. The molecule has 0 atom stereocenters. The lowest BCUT2D eigenvalue weighted by Crippen LogP contribution is -1.95. The van der Waals surface area contributed by atoms with E-state index in [0.717, 1.165) is 0 Å². The molecule has 1 aromatic heterocycles. The van der Waals surface area contributed by atoms with Crippen LogP contribution in [0.15, 0.2) is 13.6 Å². The third-order valence-electron chi connectivity index (χ3n) is 1.15. The molecular weight excluding hydrogens is 188 g/mol. The summed E-state index contributed by atoms with van der Waals surface area (Å²) in [4.78, 5) is 20.6. The molecule has 0 saturated heterocycles. The zero-order chi connectivity index (χ0) is 9.14. The molecule has 6 heteroatoms. The summed E-state index contributed by atoms with van der Waals surface area (Å²) in [6.45, 7) is 1.32. The van der Waals surface area contributed by atoms with Crippen LogP contribution in [0.5, 0.6) is 0 Å². The number of ether oxygens (including phenoxy) is 1. The van der Waals surface area contributed by atoms with Gasteiger partial charge in [-0.25, -0.2) is 9.59 Å². The van der Waals surface area contributed by atoms with E-state index >= 15 is 0 Å². The van der Waals surface area contributed by atoms with Gasteiger partial charge in [-0.2, -0.15) is 0 Å². The lowest BCUT2D eigenvalue weighted by molar-refractivity contribution is 0.156. The van der Waals surface area contributed by atoms with Crippen molar-refractivity contribution in [3.05, 3.63) is 22.1 Å². The van der Waals surface area contributed by atoms with Gasteiger partial charge in [0.05, 0.1) is 0 Å². The first-order valence-electron chi connectivity index (χ1n) is 3.01. The molecule has 66 valence electrons. The summed E-state index contributed by atoms with van der Waals surface area (Å²) >= 11 is 4.88. The average molecular weight is 193 g/mol. The molecule has 0 bridgehead atoms. The van der Waals surface area contributed by atoms with Crippen LogP contribution in [0.25, 0.3) is 0 Å². The highest BCUT2D eigenvalue weighted by Crippen LogP contribution is 2.06. The minimum absolute atomic E-state index is 0.161. The molecular formula is C6H5ClO5. The van der Waals surface area contributed by atoms with Gasteiger partial charge in [-0.3, -0.25) is 0 Å². The van der Waals surface area contributed by atoms with Gasteiger partial charge in [-0.1, -0.05) is 0 Å². The lowest BCUT2D eigenvalue weighted by Gasteiger charge is -1.94. The van der Waals surface area contributed by atoms with E-state index in [1.165, 1.54) is 6.92 Å². The van der Waals surface area contributed by atoms with Crippen molar-refractivity contribution in [1.29, 1.82) is 0 Å². The molecule has 0 fully saturated rings. The fraction of sp³-hybridized carbons (Fsp3) is 0.333. The summed E-state index contributed by atoms with van der Waals surface area (Å²) in [5, 5.41) is 0. The molecule has 0 aromatic carbocycles. The summed E-state index contributed by atoms with van der Waals surface area (Å²) in [7, 11) is 0. The average Bonchev–Trinajstić information content (AvgIpc) is 2.26. The Morgan fingerprint density at radius 2 is 2.25 bits per heavy atom. The number of hydrogen-bond acceptors (Lipinski definition) is 5. The number of rotatable bonds is 2. The van der Waals surface area contributed by atoms with Crippen LogP contribution in [0, 0.1) is 6.92 Å². The summed E-state index contributed by atoms with van der Waals surface area (Å²) < 4.78 is 13.4. The largest absolute Gasteiger partial charge is 0.519 e. The Hall–Kier alpha value is -1.23. The summed E-state index contributed by atoms with van der Waals surface area (Å²) in [5.41, 5.74) is -0.960. The van der Waals surface area contributed by atoms with E-state index in [0.29, 0.717) is 0 Å². The van der Waals surface area contributed by atoms with Gasteiger partial charge in [0, 0.05) is 11.6 Å². The Labute approximate surface area is 71.9 Å². The maximum atomic E-state index is 10.4. The Balaban J connectivity index is 2.69. The van der Waals surface area contributed by atoms with Crippen LogP contribution in [-0.2, 0) is 11.3 Å². The number of carbonyl (C=O) groups is 1. The molecule has 12 heavy (non-hydrogen) atoms. The van der Waals surface area contributed by atoms with E-state index in [1.54, 1.807) is 0 Å². The lowest BCUT2D eigenvalue weighted by atomic mass is 10.4. The molecule has 0 aliphatic carbocycles. The zero-order valence-electron chi connectivity index (χ0n) is 6.13. The van der Waals surface area contributed by atoms with E-state index in [-0.39, 0.29) is 18.1 Å². The molecule has 1 rings (SSSR count). The second-order valence-corrected chi connectivity index (χ2v) is 2.27. The van der Waals surface area contributed by atoms with Gasteiger partial charge in [0.2, 0.25) is 0 Å². The molecule has 0 spiro atoms. The normalized spacial score (nSPS) is 9.83. The van der Waals surface area contributed by atoms with Crippen LogP contribution >= 0.6 is 11.6 Å². The SMILES string of the molecule is Cc1oc(=O)oc1COC(=O)Cl. The first kappa shape index (κ1) is 8.86. The van der Waals surface area contributed by atoms with Crippen LogP contribution in [0.1, 0.15) is 11.5 Å². The van der Waals surface area contributed by atoms with Gasteiger partial charge in [-0.05, 0) is 6.92 Å². The van der Waals surface area contributed by atoms with Crippen LogP contribution in [0.2, 0.25) is 0 Å². The summed E-state index contributed by atoms with van der Waals surface area (Å²) in [6.07, 6.45) is 0. The zero-order valence-corrected chi connectivity index (χ0v) is 6.88. The van der Waals surface area contributed by atoms with E-state index in [4.69, 9.17) is 11.6 Å². The number of carbonyl (C=O) groups excluding carboxylic acids is 1. The second kappa shape index (κ2) is 3.44. The molecule has 1 heterocycles. The Morgan fingerprint density at radius 1 is 1.58 bits per heavy atom. The van der Waals surface area contributed by atoms with Gasteiger partial charge in [0.1, 0.15) is 0 Å². The van der Waals surface area contributed by atoms with Crippen molar-refractivity contribution in [2.75, 3.05) is 0 Å². The number of aryl methyl sites for hydroxylation is 1. The van der Waals surface area contributed by atoms with Crippen LogP contribution in [0.4, 0.5) is 4.79 Å². The van der Waals surface area contributed by atoms with Crippen LogP contribution in [0.3, 0.4) is 0 Å².